The molecule has 3 rings (SSSR count). The number of aliphatic hydroxyl groups is 1. The summed E-state index contributed by atoms with van der Waals surface area (Å²) in [7, 11) is 0. The molecule has 0 fully saturated rings. The Bertz CT molecular complexity index is 641. The molecule has 0 amide bonds. The Balaban J connectivity index is 1.63. The van der Waals surface area contributed by atoms with Crippen LogP contribution in [0.15, 0.2) is 42.6 Å². The number of hydrogen-bond donors (Lipinski definition) is 2. The number of pyridine rings is 1. The molecule has 122 valence electrons. The van der Waals surface area contributed by atoms with Crippen molar-refractivity contribution >= 4 is 0 Å². The van der Waals surface area contributed by atoms with Crippen molar-refractivity contribution in [2.24, 2.45) is 5.92 Å². The summed E-state index contributed by atoms with van der Waals surface area (Å²) >= 11 is 0. The van der Waals surface area contributed by atoms with Crippen molar-refractivity contribution in [3.05, 3.63) is 65.0 Å². The van der Waals surface area contributed by atoms with Crippen LogP contribution in [0.3, 0.4) is 0 Å². The van der Waals surface area contributed by atoms with Crippen LogP contribution in [0.5, 0.6) is 0 Å². The Morgan fingerprint density at radius 1 is 1.26 bits per heavy atom. The smallest absolute Gasteiger partial charge is 0.0475 e. The second-order valence-corrected chi connectivity index (χ2v) is 6.75. The van der Waals surface area contributed by atoms with Gasteiger partial charge in [-0.1, -0.05) is 31.2 Å². The van der Waals surface area contributed by atoms with E-state index in [4.69, 9.17) is 0 Å². The first-order chi connectivity index (χ1) is 11.2. The van der Waals surface area contributed by atoms with Crippen LogP contribution in [0.2, 0.25) is 0 Å². The summed E-state index contributed by atoms with van der Waals surface area (Å²) in [6, 6.07) is 13.0. The molecule has 0 radical (unpaired) electrons. The molecule has 1 aliphatic carbocycles. The van der Waals surface area contributed by atoms with Gasteiger partial charge in [0.25, 0.3) is 0 Å². The van der Waals surface area contributed by atoms with E-state index in [0.717, 1.165) is 25.1 Å². The quantitative estimate of drug-likeness (QED) is 0.860. The Morgan fingerprint density at radius 3 is 2.87 bits per heavy atom. The summed E-state index contributed by atoms with van der Waals surface area (Å²) < 4.78 is 0. The Hall–Kier alpha value is -1.71. The lowest BCUT2D eigenvalue weighted by Crippen LogP contribution is -2.29. The molecule has 1 aromatic heterocycles. The van der Waals surface area contributed by atoms with Crippen LogP contribution in [0.4, 0.5) is 0 Å². The zero-order valence-electron chi connectivity index (χ0n) is 14.0. The van der Waals surface area contributed by atoms with E-state index in [-0.39, 0.29) is 12.5 Å². The van der Waals surface area contributed by atoms with Crippen LogP contribution < -0.4 is 5.32 Å². The van der Waals surface area contributed by atoms with Crippen molar-refractivity contribution in [2.45, 2.75) is 38.6 Å². The van der Waals surface area contributed by atoms with E-state index in [1.165, 1.54) is 16.7 Å². The maximum atomic E-state index is 9.68. The van der Waals surface area contributed by atoms with Crippen molar-refractivity contribution < 1.29 is 5.11 Å². The van der Waals surface area contributed by atoms with Gasteiger partial charge in [0, 0.05) is 31.1 Å². The molecule has 23 heavy (non-hydrogen) atoms. The second kappa shape index (κ2) is 7.24. The van der Waals surface area contributed by atoms with Crippen molar-refractivity contribution in [3.63, 3.8) is 0 Å². The topological polar surface area (TPSA) is 45.1 Å². The Kier molecular flexibility index (Phi) is 5.09. The number of rotatable bonds is 6. The van der Waals surface area contributed by atoms with Crippen molar-refractivity contribution in [1.82, 2.24) is 10.3 Å². The number of aromatic nitrogens is 1. The summed E-state index contributed by atoms with van der Waals surface area (Å²) in [6.07, 6.45) is 3.77. The summed E-state index contributed by atoms with van der Waals surface area (Å²) in [5.74, 6) is 0.807. The number of aliphatic hydroxyl groups excluding tert-OH is 1. The molecule has 0 unspecified atom stereocenters. The van der Waals surface area contributed by atoms with Gasteiger partial charge in [-0.2, -0.15) is 0 Å². The average Bonchev–Trinajstić information content (AvgIpc) is 2.90. The third-order valence-electron chi connectivity index (χ3n) is 4.95. The minimum Gasteiger partial charge on any atom is -0.396 e. The van der Waals surface area contributed by atoms with Crippen molar-refractivity contribution in [3.8, 4) is 0 Å². The highest BCUT2D eigenvalue weighted by Crippen LogP contribution is 2.41. The highest BCUT2D eigenvalue weighted by atomic mass is 16.3. The first-order valence-electron chi connectivity index (χ1n) is 8.52. The maximum absolute atomic E-state index is 9.68. The molecule has 3 nitrogen and oxygen atoms in total. The van der Waals surface area contributed by atoms with E-state index in [2.05, 4.69) is 42.3 Å². The van der Waals surface area contributed by atoms with Gasteiger partial charge in [-0.05, 0) is 60.4 Å². The summed E-state index contributed by atoms with van der Waals surface area (Å²) in [5, 5.41) is 13.4. The monoisotopic (exact) mass is 310 g/mol. The highest BCUT2D eigenvalue weighted by molar-refractivity contribution is 5.43. The largest absolute Gasteiger partial charge is 0.396 e. The molecule has 0 aliphatic heterocycles. The fourth-order valence-corrected chi connectivity index (χ4v) is 3.80. The zero-order chi connectivity index (χ0) is 16.2. The number of aryl methyl sites for hydroxylation is 1. The van der Waals surface area contributed by atoms with Gasteiger partial charge in [0.05, 0.1) is 0 Å². The Morgan fingerprint density at radius 2 is 2.13 bits per heavy atom. The number of fused-ring (bicyclic) bond motifs is 1. The van der Waals surface area contributed by atoms with Gasteiger partial charge in [0.15, 0.2) is 0 Å². The lowest BCUT2D eigenvalue weighted by atomic mass is 9.98. The molecule has 0 saturated heterocycles. The van der Waals surface area contributed by atoms with Gasteiger partial charge in [-0.15, -0.1) is 0 Å². The van der Waals surface area contributed by atoms with Gasteiger partial charge in [-0.3, -0.25) is 4.98 Å². The summed E-state index contributed by atoms with van der Waals surface area (Å²) in [4.78, 5) is 4.37. The lowest BCUT2D eigenvalue weighted by molar-refractivity contribution is 0.217. The highest BCUT2D eigenvalue weighted by Gasteiger charge is 2.29. The molecular formula is C20H26N2O. The van der Waals surface area contributed by atoms with Crippen LogP contribution in [0.25, 0.3) is 0 Å². The maximum Gasteiger partial charge on any atom is 0.0475 e. The predicted octanol–water partition coefficient (Wildman–Crippen LogP) is 3.38. The molecule has 3 atom stereocenters. The average molecular weight is 310 g/mol. The number of nitrogens with one attached hydrogen (secondary N) is 1. The summed E-state index contributed by atoms with van der Waals surface area (Å²) in [5.41, 5.74) is 5.39. The lowest BCUT2D eigenvalue weighted by Gasteiger charge is -2.19. The fraction of sp³-hybridized carbons (Fsp3) is 0.450. The summed E-state index contributed by atoms with van der Waals surface area (Å²) in [6.45, 7) is 5.52. The van der Waals surface area contributed by atoms with Gasteiger partial charge in [0.2, 0.25) is 0 Å². The standard InChI is InChI=1S/C20H26N2O/c1-14-6-5-8-18-19(10-15(2)20(14)18)22-12-16(13-23)11-17-7-3-4-9-21-17/h3-9,15-16,19,22-23H,10-13H2,1-2H3/t15-,16+,19-/m1/s1. The molecule has 0 bridgehead atoms. The minimum atomic E-state index is 0.187. The minimum absolute atomic E-state index is 0.187. The molecule has 0 saturated carbocycles. The molecule has 1 aliphatic rings. The normalized spacial score (nSPS) is 21.2. The van der Waals surface area contributed by atoms with Gasteiger partial charge in [0.1, 0.15) is 0 Å². The Labute approximate surface area is 138 Å². The van der Waals surface area contributed by atoms with Crippen LogP contribution in [-0.2, 0) is 6.42 Å². The van der Waals surface area contributed by atoms with Crippen molar-refractivity contribution in [1.29, 1.82) is 0 Å². The van der Waals surface area contributed by atoms with E-state index in [1.54, 1.807) is 0 Å². The molecule has 3 heteroatoms. The van der Waals surface area contributed by atoms with E-state index < -0.39 is 0 Å². The first-order valence-corrected chi connectivity index (χ1v) is 8.52. The van der Waals surface area contributed by atoms with E-state index >= 15 is 0 Å². The van der Waals surface area contributed by atoms with Crippen molar-refractivity contribution in [2.75, 3.05) is 13.2 Å². The van der Waals surface area contributed by atoms with E-state index in [1.807, 2.05) is 24.4 Å². The third kappa shape index (κ3) is 3.62. The van der Waals surface area contributed by atoms with E-state index in [0.29, 0.717) is 12.0 Å². The predicted molar refractivity (Wildman–Crippen MR) is 93.5 cm³/mol. The number of benzene rings is 1. The van der Waals surface area contributed by atoms with Gasteiger partial charge in [-0.25, -0.2) is 0 Å². The second-order valence-electron chi connectivity index (χ2n) is 6.75. The molecule has 2 N–H and O–H groups in total. The number of nitrogens with zero attached hydrogens (tertiary/aromatic N) is 1. The van der Waals surface area contributed by atoms with E-state index in [9.17, 15) is 5.11 Å². The first kappa shape index (κ1) is 16.2. The zero-order valence-corrected chi connectivity index (χ0v) is 14.0. The number of hydrogen-bond acceptors (Lipinski definition) is 3. The van der Waals surface area contributed by atoms with Crippen LogP contribution in [0.1, 0.15) is 47.7 Å². The van der Waals surface area contributed by atoms with Crippen LogP contribution in [-0.4, -0.2) is 23.2 Å². The molecule has 1 aromatic carbocycles. The van der Waals surface area contributed by atoms with Gasteiger partial charge < -0.3 is 10.4 Å². The fourth-order valence-electron chi connectivity index (χ4n) is 3.80. The molecular weight excluding hydrogens is 284 g/mol. The van der Waals surface area contributed by atoms with Crippen LogP contribution in [0, 0.1) is 12.8 Å². The SMILES string of the molecule is Cc1cccc2c1[C@H](C)C[C@H]2NC[C@@H](CO)Cc1ccccn1. The molecule has 0 spiro atoms. The third-order valence-corrected chi connectivity index (χ3v) is 4.95. The molecule has 2 aromatic rings. The van der Waals surface area contributed by atoms with Crippen LogP contribution >= 0.6 is 0 Å². The molecule has 1 heterocycles. The van der Waals surface area contributed by atoms with Gasteiger partial charge >= 0.3 is 0 Å².